The number of ketones is 1. The van der Waals surface area contributed by atoms with Gasteiger partial charge in [-0.15, -0.1) is 0 Å². The van der Waals surface area contributed by atoms with E-state index in [-0.39, 0.29) is 5.78 Å². The Morgan fingerprint density at radius 1 is 0.462 bits per heavy atom. The minimum Gasteiger partial charge on any atom is -0.289 e. The topological polar surface area (TPSA) is 75.3 Å². The molecule has 0 fully saturated rings. The van der Waals surface area contributed by atoms with Gasteiger partial charge in [0.05, 0.1) is 0 Å². The van der Waals surface area contributed by atoms with Gasteiger partial charge in [0, 0.05) is 22.3 Å². The van der Waals surface area contributed by atoms with Gasteiger partial charge in [-0.05, 0) is 24.3 Å². The second-order valence-electron chi connectivity index (χ2n) is 5.55. The smallest absolute Gasteiger partial charge is 0.269 e. The highest BCUT2D eigenvalue weighted by Crippen LogP contribution is 2.11. The summed E-state index contributed by atoms with van der Waals surface area (Å²) < 4.78 is 0. The third-order valence-electron chi connectivity index (χ3n) is 3.77. The van der Waals surface area contributed by atoms with Crippen molar-refractivity contribution in [1.29, 1.82) is 0 Å². The molecular weight excluding hydrogens is 328 g/mol. The first-order valence-electron chi connectivity index (χ1n) is 8.01. The largest absolute Gasteiger partial charge is 0.289 e. The van der Waals surface area contributed by atoms with Crippen LogP contribution in [0.15, 0.2) is 84.9 Å². The Morgan fingerprint density at radius 2 is 0.808 bits per heavy atom. The van der Waals surface area contributed by atoms with E-state index in [9.17, 15) is 14.4 Å². The van der Waals surface area contributed by atoms with E-state index in [0.29, 0.717) is 22.3 Å². The van der Waals surface area contributed by atoms with E-state index in [0.717, 1.165) is 0 Å². The van der Waals surface area contributed by atoms with Crippen molar-refractivity contribution in [2.75, 3.05) is 0 Å². The van der Waals surface area contributed by atoms with Gasteiger partial charge in [0.25, 0.3) is 11.8 Å². The summed E-state index contributed by atoms with van der Waals surface area (Å²) in [5.41, 5.74) is 6.56. The zero-order valence-corrected chi connectivity index (χ0v) is 13.8. The molecule has 0 saturated heterocycles. The van der Waals surface area contributed by atoms with E-state index >= 15 is 0 Å². The summed E-state index contributed by atoms with van der Waals surface area (Å²) in [5, 5.41) is 0. The van der Waals surface area contributed by atoms with Crippen LogP contribution in [0.25, 0.3) is 0 Å². The molecule has 3 aromatic carbocycles. The van der Waals surface area contributed by atoms with Crippen LogP contribution in [0.2, 0.25) is 0 Å². The number of benzene rings is 3. The van der Waals surface area contributed by atoms with Crippen molar-refractivity contribution < 1.29 is 14.4 Å². The van der Waals surface area contributed by atoms with Gasteiger partial charge in [-0.3, -0.25) is 25.2 Å². The fourth-order valence-corrected chi connectivity index (χ4v) is 2.38. The summed E-state index contributed by atoms with van der Waals surface area (Å²) in [4.78, 5) is 36.4. The average molecular weight is 344 g/mol. The number of hydrogen-bond donors (Lipinski definition) is 2. The molecule has 0 bridgehead atoms. The molecule has 0 saturated carbocycles. The summed E-state index contributed by atoms with van der Waals surface area (Å²) in [7, 11) is 0. The SMILES string of the molecule is O=C(NNC(=O)c1ccc(C(=O)c2ccccc2)cc1)c1ccccc1. The van der Waals surface area contributed by atoms with E-state index in [1.807, 2.05) is 6.07 Å². The lowest BCUT2D eigenvalue weighted by Crippen LogP contribution is -2.41. The zero-order chi connectivity index (χ0) is 18.4. The Labute approximate surface area is 150 Å². The predicted molar refractivity (Wildman–Crippen MR) is 97.7 cm³/mol. The van der Waals surface area contributed by atoms with E-state index < -0.39 is 11.8 Å². The van der Waals surface area contributed by atoms with Crippen molar-refractivity contribution >= 4 is 17.6 Å². The molecule has 5 nitrogen and oxygen atoms in total. The Balaban J connectivity index is 1.62. The Hall–Kier alpha value is -3.73. The van der Waals surface area contributed by atoms with Gasteiger partial charge >= 0.3 is 0 Å². The molecule has 26 heavy (non-hydrogen) atoms. The van der Waals surface area contributed by atoms with Gasteiger partial charge in [0.2, 0.25) is 0 Å². The van der Waals surface area contributed by atoms with Gasteiger partial charge in [-0.2, -0.15) is 0 Å². The van der Waals surface area contributed by atoms with Gasteiger partial charge in [0.15, 0.2) is 5.78 Å². The van der Waals surface area contributed by atoms with Crippen molar-refractivity contribution in [3.63, 3.8) is 0 Å². The predicted octanol–water partition coefficient (Wildman–Crippen LogP) is 2.99. The number of rotatable bonds is 4. The molecule has 0 aliphatic rings. The summed E-state index contributed by atoms with van der Waals surface area (Å²) in [6.45, 7) is 0. The van der Waals surface area contributed by atoms with Crippen LogP contribution in [0.4, 0.5) is 0 Å². The molecule has 0 unspecified atom stereocenters. The maximum atomic E-state index is 12.3. The van der Waals surface area contributed by atoms with Crippen molar-refractivity contribution in [3.8, 4) is 0 Å². The van der Waals surface area contributed by atoms with Crippen molar-refractivity contribution in [2.45, 2.75) is 0 Å². The van der Waals surface area contributed by atoms with Crippen LogP contribution in [0, 0.1) is 0 Å². The average Bonchev–Trinajstić information content (AvgIpc) is 2.72. The number of hydrogen-bond acceptors (Lipinski definition) is 3. The number of nitrogens with one attached hydrogen (secondary N) is 2. The molecule has 3 rings (SSSR count). The highest BCUT2D eigenvalue weighted by Gasteiger charge is 2.11. The molecule has 0 aliphatic carbocycles. The van der Waals surface area contributed by atoms with E-state index in [2.05, 4.69) is 10.9 Å². The van der Waals surface area contributed by atoms with Crippen LogP contribution in [0.1, 0.15) is 36.6 Å². The quantitative estimate of drug-likeness (QED) is 0.564. The Morgan fingerprint density at radius 3 is 1.31 bits per heavy atom. The van der Waals surface area contributed by atoms with Crippen LogP contribution in [-0.2, 0) is 0 Å². The van der Waals surface area contributed by atoms with Crippen LogP contribution in [0.3, 0.4) is 0 Å². The Bertz CT molecular complexity index is 920. The zero-order valence-electron chi connectivity index (χ0n) is 13.8. The van der Waals surface area contributed by atoms with Gasteiger partial charge in [-0.1, -0.05) is 60.7 Å². The van der Waals surface area contributed by atoms with E-state index in [1.54, 1.807) is 78.9 Å². The lowest BCUT2D eigenvalue weighted by Gasteiger charge is -2.08. The van der Waals surface area contributed by atoms with E-state index in [4.69, 9.17) is 0 Å². The van der Waals surface area contributed by atoms with E-state index in [1.165, 1.54) is 0 Å². The number of amides is 2. The first kappa shape index (κ1) is 17.1. The molecule has 0 radical (unpaired) electrons. The van der Waals surface area contributed by atoms with Gasteiger partial charge in [0.1, 0.15) is 0 Å². The van der Waals surface area contributed by atoms with Crippen LogP contribution < -0.4 is 10.9 Å². The molecule has 5 heteroatoms. The fraction of sp³-hybridized carbons (Fsp3) is 0. The highest BCUT2D eigenvalue weighted by molar-refractivity contribution is 6.09. The molecular formula is C21H16N2O3. The second kappa shape index (κ2) is 7.90. The minimum atomic E-state index is -0.465. The third-order valence-corrected chi connectivity index (χ3v) is 3.77. The fourth-order valence-electron chi connectivity index (χ4n) is 2.38. The number of carbonyl (C=O) groups is 3. The maximum absolute atomic E-state index is 12.3. The lowest BCUT2D eigenvalue weighted by molar-refractivity contribution is 0.0846. The van der Waals surface area contributed by atoms with Crippen molar-refractivity contribution in [1.82, 2.24) is 10.9 Å². The summed E-state index contributed by atoms with van der Waals surface area (Å²) in [5.74, 6) is -0.988. The minimum absolute atomic E-state index is 0.116. The number of hydrazine groups is 1. The van der Waals surface area contributed by atoms with Crippen molar-refractivity contribution in [3.05, 3.63) is 107 Å². The van der Waals surface area contributed by atoms with Crippen LogP contribution in [0.5, 0.6) is 0 Å². The van der Waals surface area contributed by atoms with Crippen LogP contribution >= 0.6 is 0 Å². The summed E-state index contributed by atoms with van der Waals surface area (Å²) in [6.07, 6.45) is 0. The molecule has 0 heterocycles. The monoisotopic (exact) mass is 344 g/mol. The molecule has 0 spiro atoms. The first-order chi connectivity index (χ1) is 12.6. The molecule has 2 N–H and O–H groups in total. The summed E-state index contributed by atoms with van der Waals surface area (Å²) >= 11 is 0. The lowest BCUT2D eigenvalue weighted by atomic mass is 10.0. The number of carbonyl (C=O) groups excluding carboxylic acids is 3. The van der Waals surface area contributed by atoms with Gasteiger partial charge in [-0.25, -0.2) is 0 Å². The molecule has 0 aromatic heterocycles. The van der Waals surface area contributed by atoms with Crippen LogP contribution in [-0.4, -0.2) is 17.6 Å². The third kappa shape index (κ3) is 4.02. The standard InChI is InChI=1S/C21H16N2O3/c24-19(15-7-3-1-4-8-15)16-11-13-18(14-12-16)21(26)23-22-20(25)17-9-5-2-6-10-17/h1-14H,(H,22,25)(H,23,26). The summed E-state index contributed by atoms with van der Waals surface area (Å²) in [6, 6.07) is 23.7. The second-order valence-corrected chi connectivity index (χ2v) is 5.55. The molecule has 3 aromatic rings. The normalized spacial score (nSPS) is 10.0. The van der Waals surface area contributed by atoms with Gasteiger partial charge < -0.3 is 0 Å². The molecule has 2 amide bonds. The maximum Gasteiger partial charge on any atom is 0.269 e. The highest BCUT2D eigenvalue weighted by atomic mass is 16.2. The molecule has 0 atom stereocenters. The molecule has 0 aliphatic heterocycles. The Kier molecular flexibility index (Phi) is 5.19. The van der Waals surface area contributed by atoms with Crippen molar-refractivity contribution in [2.24, 2.45) is 0 Å². The molecule has 128 valence electrons. The first-order valence-corrected chi connectivity index (χ1v) is 8.01.